The number of hydrogen-bond acceptors (Lipinski definition) is 4. The Kier molecular flexibility index (Phi) is 9.40. The lowest BCUT2D eigenvalue weighted by Crippen LogP contribution is -2.47. The Labute approximate surface area is 195 Å². The molecule has 0 bridgehead atoms. The minimum absolute atomic E-state index is 0.0583. The van der Waals surface area contributed by atoms with Crippen LogP contribution in [0, 0.1) is 12.7 Å². The van der Waals surface area contributed by atoms with E-state index >= 15 is 0 Å². The Bertz CT molecular complexity index is 1060. The molecule has 1 N–H and O–H groups in total. The molecule has 2 aromatic carbocycles. The number of rotatable bonds is 11. The van der Waals surface area contributed by atoms with Crippen LogP contribution in [0.2, 0.25) is 0 Å². The van der Waals surface area contributed by atoms with Crippen LogP contribution in [-0.2, 0) is 26.2 Å². The zero-order valence-corrected chi connectivity index (χ0v) is 20.4. The SMILES string of the molecule is CCNC(=O)C(C)N(Cc1cccc(C)c1)C(=O)CCCN(c1ccc(F)cc1)S(C)(=O)=O. The summed E-state index contributed by atoms with van der Waals surface area (Å²) < 4.78 is 38.9. The van der Waals surface area contributed by atoms with E-state index in [-0.39, 0.29) is 37.7 Å². The van der Waals surface area contributed by atoms with Gasteiger partial charge >= 0.3 is 0 Å². The molecule has 2 rings (SSSR count). The predicted molar refractivity (Wildman–Crippen MR) is 128 cm³/mol. The van der Waals surface area contributed by atoms with E-state index in [1.807, 2.05) is 38.1 Å². The maximum Gasteiger partial charge on any atom is 0.242 e. The summed E-state index contributed by atoms with van der Waals surface area (Å²) in [4.78, 5) is 27.1. The number of aryl methyl sites for hydroxylation is 1. The molecular formula is C24H32FN3O4S. The van der Waals surface area contributed by atoms with Crippen LogP contribution in [0.5, 0.6) is 0 Å². The van der Waals surface area contributed by atoms with Crippen molar-refractivity contribution in [3.63, 3.8) is 0 Å². The standard InChI is InChI=1S/C24H32FN3O4S/c1-5-26-24(30)19(3)27(17-20-9-6-8-18(2)16-20)23(29)10-7-15-28(33(4,31)32)22-13-11-21(25)12-14-22/h6,8-9,11-14,16,19H,5,7,10,15,17H2,1-4H3,(H,26,30). The summed E-state index contributed by atoms with van der Waals surface area (Å²) in [6.07, 6.45) is 1.37. The first-order valence-electron chi connectivity index (χ1n) is 10.9. The Hall–Kier alpha value is -2.94. The summed E-state index contributed by atoms with van der Waals surface area (Å²) >= 11 is 0. The van der Waals surface area contributed by atoms with Crippen molar-refractivity contribution in [1.29, 1.82) is 0 Å². The van der Waals surface area contributed by atoms with E-state index < -0.39 is 21.9 Å². The fourth-order valence-electron chi connectivity index (χ4n) is 3.52. The average Bonchev–Trinajstić information content (AvgIpc) is 2.74. The predicted octanol–water partition coefficient (Wildman–Crippen LogP) is 3.23. The second kappa shape index (κ2) is 11.8. The molecule has 180 valence electrons. The third-order valence-corrected chi connectivity index (χ3v) is 6.41. The van der Waals surface area contributed by atoms with Crippen LogP contribution in [0.4, 0.5) is 10.1 Å². The molecule has 0 aliphatic carbocycles. The van der Waals surface area contributed by atoms with Crippen LogP contribution in [0.25, 0.3) is 0 Å². The van der Waals surface area contributed by atoms with Crippen molar-refractivity contribution in [2.45, 2.75) is 46.2 Å². The number of carbonyl (C=O) groups excluding carboxylic acids is 2. The maximum absolute atomic E-state index is 13.2. The normalized spacial score (nSPS) is 12.2. The third-order valence-electron chi connectivity index (χ3n) is 5.22. The van der Waals surface area contributed by atoms with E-state index in [4.69, 9.17) is 0 Å². The Balaban J connectivity index is 2.14. The molecule has 9 heteroatoms. The van der Waals surface area contributed by atoms with Crippen LogP contribution in [0.3, 0.4) is 0 Å². The van der Waals surface area contributed by atoms with Crippen molar-refractivity contribution in [3.05, 3.63) is 65.5 Å². The van der Waals surface area contributed by atoms with Gasteiger partial charge in [0.15, 0.2) is 0 Å². The van der Waals surface area contributed by atoms with Gasteiger partial charge in [-0.1, -0.05) is 29.8 Å². The molecule has 33 heavy (non-hydrogen) atoms. The molecule has 0 heterocycles. The number of anilines is 1. The topological polar surface area (TPSA) is 86.8 Å². The van der Waals surface area contributed by atoms with Crippen LogP contribution in [0.15, 0.2) is 48.5 Å². The van der Waals surface area contributed by atoms with E-state index in [2.05, 4.69) is 5.32 Å². The number of sulfonamides is 1. The van der Waals surface area contributed by atoms with Crippen molar-refractivity contribution in [3.8, 4) is 0 Å². The van der Waals surface area contributed by atoms with Gasteiger partial charge in [-0.05, 0) is 57.0 Å². The molecule has 0 spiro atoms. The second-order valence-corrected chi connectivity index (χ2v) is 9.90. The third kappa shape index (κ3) is 7.85. The van der Waals surface area contributed by atoms with Gasteiger partial charge in [-0.3, -0.25) is 13.9 Å². The number of likely N-dealkylation sites (N-methyl/N-ethyl adjacent to an activating group) is 1. The maximum atomic E-state index is 13.2. The van der Waals surface area contributed by atoms with Crippen molar-refractivity contribution in [2.24, 2.45) is 0 Å². The monoisotopic (exact) mass is 477 g/mol. The fraction of sp³-hybridized carbons (Fsp3) is 0.417. The van der Waals surface area contributed by atoms with E-state index in [0.29, 0.717) is 12.2 Å². The zero-order chi connectivity index (χ0) is 24.6. The van der Waals surface area contributed by atoms with E-state index in [0.717, 1.165) is 21.7 Å². The average molecular weight is 478 g/mol. The van der Waals surface area contributed by atoms with E-state index in [1.165, 1.54) is 29.2 Å². The highest BCUT2D eigenvalue weighted by molar-refractivity contribution is 7.92. The van der Waals surface area contributed by atoms with Gasteiger partial charge in [0.1, 0.15) is 11.9 Å². The lowest BCUT2D eigenvalue weighted by Gasteiger charge is -2.29. The van der Waals surface area contributed by atoms with Crippen LogP contribution in [0.1, 0.15) is 37.8 Å². The molecular weight excluding hydrogens is 445 g/mol. The van der Waals surface area contributed by atoms with Gasteiger partial charge < -0.3 is 10.2 Å². The van der Waals surface area contributed by atoms with Crippen LogP contribution in [-0.4, -0.2) is 50.5 Å². The molecule has 0 saturated carbocycles. The number of nitrogens with one attached hydrogen (secondary N) is 1. The lowest BCUT2D eigenvalue weighted by molar-refractivity contribution is -0.140. The molecule has 2 aromatic rings. The molecule has 1 unspecified atom stereocenters. The van der Waals surface area contributed by atoms with Gasteiger partial charge in [0.25, 0.3) is 0 Å². The number of carbonyl (C=O) groups is 2. The van der Waals surface area contributed by atoms with Crippen LogP contribution >= 0.6 is 0 Å². The van der Waals surface area contributed by atoms with Gasteiger partial charge in [0.2, 0.25) is 21.8 Å². The minimum atomic E-state index is -3.62. The first kappa shape index (κ1) is 26.3. The first-order chi connectivity index (χ1) is 15.5. The van der Waals surface area contributed by atoms with Crippen molar-refractivity contribution < 1.29 is 22.4 Å². The van der Waals surface area contributed by atoms with Crippen molar-refractivity contribution in [2.75, 3.05) is 23.7 Å². The molecule has 0 aromatic heterocycles. The van der Waals surface area contributed by atoms with Crippen molar-refractivity contribution in [1.82, 2.24) is 10.2 Å². The molecule has 0 aliphatic heterocycles. The lowest BCUT2D eigenvalue weighted by atomic mass is 10.1. The number of benzene rings is 2. The summed E-state index contributed by atoms with van der Waals surface area (Å²) in [6.45, 7) is 6.23. The smallest absolute Gasteiger partial charge is 0.242 e. The Morgan fingerprint density at radius 3 is 2.36 bits per heavy atom. The van der Waals surface area contributed by atoms with E-state index in [1.54, 1.807) is 6.92 Å². The first-order valence-corrected chi connectivity index (χ1v) is 12.7. The number of hydrogen-bond donors (Lipinski definition) is 1. The van der Waals surface area contributed by atoms with Gasteiger partial charge in [-0.2, -0.15) is 0 Å². The summed E-state index contributed by atoms with van der Waals surface area (Å²) in [5.41, 5.74) is 2.29. The Morgan fingerprint density at radius 1 is 1.12 bits per heavy atom. The largest absolute Gasteiger partial charge is 0.355 e. The molecule has 7 nitrogen and oxygen atoms in total. The molecule has 0 radical (unpaired) electrons. The van der Waals surface area contributed by atoms with Gasteiger partial charge in [0.05, 0.1) is 11.9 Å². The molecule has 2 amide bonds. The molecule has 0 fully saturated rings. The number of halogens is 1. The minimum Gasteiger partial charge on any atom is -0.355 e. The summed E-state index contributed by atoms with van der Waals surface area (Å²) in [7, 11) is -3.62. The van der Waals surface area contributed by atoms with Gasteiger partial charge in [-0.15, -0.1) is 0 Å². The van der Waals surface area contributed by atoms with E-state index in [9.17, 15) is 22.4 Å². The Morgan fingerprint density at radius 2 is 1.79 bits per heavy atom. The zero-order valence-electron chi connectivity index (χ0n) is 19.5. The fourth-order valence-corrected chi connectivity index (χ4v) is 4.49. The quantitative estimate of drug-likeness (QED) is 0.538. The highest BCUT2D eigenvalue weighted by Gasteiger charge is 2.26. The molecule has 1 atom stereocenters. The highest BCUT2D eigenvalue weighted by atomic mass is 32.2. The highest BCUT2D eigenvalue weighted by Crippen LogP contribution is 2.19. The van der Waals surface area contributed by atoms with Crippen LogP contribution < -0.4 is 9.62 Å². The van der Waals surface area contributed by atoms with Crippen molar-refractivity contribution >= 4 is 27.5 Å². The summed E-state index contributed by atoms with van der Waals surface area (Å²) in [6, 6.07) is 12.2. The van der Waals surface area contributed by atoms with Gasteiger partial charge in [0, 0.05) is 26.1 Å². The second-order valence-electron chi connectivity index (χ2n) is 8.00. The van der Waals surface area contributed by atoms with Gasteiger partial charge in [-0.25, -0.2) is 12.8 Å². The number of amides is 2. The summed E-state index contributed by atoms with van der Waals surface area (Å²) in [5.74, 6) is -0.959. The summed E-state index contributed by atoms with van der Waals surface area (Å²) in [5, 5.41) is 2.75. The molecule has 0 saturated heterocycles. The number of nitrogens with zero attached hydrogens (tertiary/aromatic N) is 2. The molecule has 0 aliphatic rings.